The van der Waals surface area contributed by atoms with Gasteiger partial charge in [0.2, 0.25) is 0 Å². The van der Waals surface area contributed by atoms with E-state index in [0.717, 1.165) is 5.92 Å². The van der Waals surface area contributed by atoms with E-state index in [2.05, 4.69) is 67.3 Å². The Morgan fingerprint density at radius 3 is 2.83 bits per heavy atom. The van der Waals surface area contributed by atoms with Gasteiger partial charge in [-0.2, -0.15) is 0 Å². The molecule has 0 aromatic carbocycles. The van der Waals surface area contributed by atoms with Crippen molar-refractivity contribution >= 4 is 22.6 Å². The zero-order valence-corrected chi connectivity index (χ0v) is 16.7. The van der Waals surface area contributed by atoms with Gasteiger partial charge in [-0.05, 0) is 105 Å². The van der Waals surface area contributed by atoms with Crippen LogP contribution >= 0.6 is 22.6 Å². The maximum absolute atomic E-state index is 3.98. The SMILES string of the molecule is C=C/C=C1/C2=C(C=CCC2)C(C)(C)C1CCC1CC=C(I)CC1. The summed E-state index contributed by atoms with van der Waals surface area (Å²) in [5.74, 6) is 1.56. The standard InChI is InChI=1S/C22H29I/c1-4-7-18-19-8-5-6-9-20(19)22(2,3)21(18)15-12-16-10-13-17(23)14-11-16/h4,6-7,9,13,16,21H,1,5,8,10-12,14-15H2,2-3H3/b18-7-. The molecule has 2 atom stereocenters. The number of halogens is 1. The highest BCUT2D eigenvalue weighted by Gasteiger charge is 2.43. The van der Waals surface area contributed by atoms with E-state index in [4.69, 9.17) is 0 Å². The number of rotatable bonds is 4. The fourth-order valence-corrected chi connectivity index (χ4v) is 5.30. The molecule has 23 heavy (non-hydrogen) atoms. The van der Waals surface area contributed by atoms with Crippen LogP contribution in [-0.4, -0.2) is 0 Å². The van der Waals surface area contributed by atoms with Crippen LogP contribution in [0, 0.1) is 17.3 Å². The molecule has 0 spiro atoms. The van der Waals surface area contributed by atoms with Crippen LogP contribution in [0.3, 0.4) is 0 Å². The number of hydrogen-bond donors (Lipinski definition) is 0. The van der Waals surface area contributed by atoms with Gasteiger partial charge in [0.25, 0.3) is 0 Å². The predicted octanol–water partition coefficient (Wildman–Crippen LogP) is 7.30. The molecule has 0 bridgehead atoms. The van der Waals surface area contributed by atoms with Gasteiger partial charge in [-0.25, -0.2) is 0 Å². The summed E-state index contributed by atoms with van der Waals surface area (Å²) < 4.78 is 1.56. The van der Waals surface area contributed by atoms with Gasteiger partial charge >= 0.3 is 0 Å². The van der Waals surface area contributed by atoms with Gasteiger partial charge in [0, 0.05) is 0 Å². The van der Waals surface area contributed by atoms with E-state index in [1.54, 1.807) is 20.3 Å². The molecule has 0 aromatic rings. The summed E-state index contributed by atoms with van der Waals surface area (Å²) in [5, 5.41) is 0. The normalized spacial score (nSPS) is 31.3. The summed E-state index contributed by atoms with van der Waals surface area (Å²) in [6, 6.07) is 0. The molecular weight excluding hydrogens is 391 g/mol. The summed E-state index contributed by atoms with van der Waals surface area (Å²) in [6.45, 7) is 8.89. The lowest BCUT2D eigenvalue weighted by atomic mass is 9.72. The van der Waals surface area contributed by atoms with Gasteiger partial charge in [-0.15, -0.1) is 0 Å². The first-order chi connectivity index (χ1) is 11.0. The Kier molecular flexibility index (Phi) is 5.35. The van der Waals surface area contributed by atoms with Gasteiger partial charge in [-0.1, -0.05) is 50.8 Å². The minimum Gasteiger partial charge on any atom is -0.0991 e. The molecule has 0 heterocycles. The van der Waals surface area contributed by atoms with Crippen molar-refractivity contribution in [1.82, 2.24) is 0 Å². The van der Waals surface area contributed by atoms with Crippen molar-refractivity contribution in [3.63, 3.8) is 0 Å². The predicted molar refractivity (Wildman–Crippen MR) is 110 cm³/mol. The lowest BCUT2D eigenvalue weighted by Crippen LogP contribution is -2.23. The van der Waals surface area contributed by atoms with E-state index >= 15 is 0 Å². The monoisotopic (exact) mass is 420 g/mol. The van der Waals surface area contributed by atoms with Gasteiger partial charge in [0.15, 0.2) is 0 Å². The fourth-order valence-electron chi connectivity index (χ4n) is 4.74. The second-order valence-electron chi connectivity index (χ2n) is 7.83. The van der Waals surface area contributed by atoms with Crippen LogP contribution in [0.25, 0.3) is 0 Å². The lowest BCUT2D eigenvalue weighted by molar-refractivity contribution is 0.285. The van der Waals surface area contributed by atoms with Crippen LogP contribution in [0.4, 0.5) is 0 Å². The zero-order chi connectivity index (χ0) is 16.4. The summed E-state index contributed by atoms with van der Waals surface area (Å²) >= 11 is 2.50. The zero-order valence-electron chi connectivity index (χ0n) is 14.6. The molecule has 0 fully saturated rings. The molecular formula is C22H29I. The van der Waals surface area contributed by atoms with Crippen molar-refractivity contribution in [3.8, 4) is 0 Å². The smallest absolute Gasteiger partial charge is 0.00321 e. The van der Waals surface area contributed by atoms with E-state index in [-0.39, 0.29) is 5.41 Å². The molecule has 0 radical (unpaired) electrons. The molecule has 0 aliphatic heterocycles. The van der Waals surface area contributed by atoms with Crippen molar-refractivity contribution in [2.24, 2.45) is 17.3 Å². The molecule has 0 amide bonds. The highest BCUT2D eigenvalue weighted by atomic mass is 127. The molecule has 2 unspecified atom stereocenters. The Balaban J connectivity index is 1.77. The van der Waals surface area contributed by atoms with E-state index < -0.39 is 0 Å². The highest BCUT2D eigenvalue weighted by Crippen LogP contribution is 2.55. The third-order valence-corrected chi connectivity index (χ3v) is 7.06. The van der Waals surface area contributed by atoms with Gasteiger partial charge in [-0.3, -0.25) is 0 Å². The van der Waals surface area contributed by atoms with Crippen molar-refractivity contribution in [3.05, 3.63) is 57.3 Å². The van der Waals surface area contributed by atoms with Crippen LogP contribution in [0.5, 0.6) is 0 Å². The third-order valence-electron chi connectivity index (χ3n) is 6.08. The van der Waals surface area contributed by atoms with Gasteiger partial charge < -0.3 is 0 Å². The summed E-state index contributed by atoms with van der Waals surface area (Å²) in [4.78, 5) is 0. The molecule has 3 rings (SSSR count). The Morgan fingerprint density at radius 2 is 2.13 bits per heavy atom. The van der Waals surface area contributed by atoms with Crippen molar-refractivity contribution in [2.75, 3.05) is 0 Å². The van der Waals surface area contributed by atoms with Gasteiger partial charge in [0.05, 0.1) is 0 Å². The molecule has 3 aliphatic rings. The Labute approximate surface area is 155 Å². The minimum atomic E-state index is 0.278. The van der Waals surface area contributed by atoms with Crippen LogP contribution in [0.15, 0.2) is 57.3 Å². The molecule has 3 aliphatic carbocycles. The second kappa shape index (κ2) is 7.13. The molecule has 0 N–H and O–H groups in total. The van der Waals surface area contributed by atoms with E-state index in [0.29, 0.717) is 5.92 Å². The van der Waals surface area contributed by atoms with Crippen LogP contribution < -0.4 is 0 Å². The van der Waals surface area contributed by atoms with Crippen LogP contribution in [-0.2, 0) is 0 Å². The summed E-state index contributed by atoms with van der Waals surface area (Å²) in [5.41, 5.74) is 5.09. The first kappa shape index (κ1) is 17.3. The molecule has 0 saturated carbocycles. The number of hydrogen-bond acceptors (Lipinski definition) is 0. The maximum atomic E-state index is 3.98. The Bertz CT molecular complexity index is 597. The van der Waals surface area contributed by atoms with Gasteiger partial charge in [0.1, 0.15) is 0 Å². The van der Waals surface area contributed by atoms with Crippen molar-refractivity contribution < 1.29 is 0 Å². The highest BCUT2D eigenvalue weighted by molar-refractivity contribution is 14.1. The van der Waals surface area contributed by atoms with Crippen molar-refractivity contribution in [1.29, 1.82) is 0 Å². The van der Waals surface area contributed by atoms with E-state index in [1.165, 1.54) is 44.9 Å². The topological polar surface area (TPSA) is 0 Å². The van der Waals surface area contributed by atoms with E-state index in [1.807, 2.05) is 6.08 Å². The average molecular weight is 420 g/mol. The number of allylic oxidation sites excluding steroid dienone is 9. The maximum Gasteiger partial charge on any atom is -0.00321 e. The first-order valence-corrected chi connectivity index (χ1v) is 10.2. The first-order valence-electron chi connectivity index (χ1n) is 9.11. The fraction of sp³-hybridized carbons (Fsp3) is 0.545. The van der Waals surface area contributed by atoms with E-state index in [9.17, 15) is 0 Å². The minimum absolute atomic E-state index is 0.278. The quantitative estimate of drug-likeness (QED) is 0.419. The molecule has 1 heteroatoms. The lowest BCUT2D eigenvalue weighted by Gasteiger charge is -2.32. The average Bonchev–Trinajstić information content (AvgIpc) is 2.76. The largest absolute Gasteiger partial charge is 0.0991 e. The van der Waals surface area contributed by atoms with Crippen molar-refractivity contribution in [2.45, 2.75) is 58.8 Å². The molecule has 0 nitrogen and oxygen atoms in total. The molecule has 0 aromatic heterocycles. The summed E-state index contributed by atoms with van der Waals surface area (Å²) in [7, 11) is 0. The van der Waals surface area contributed by atoms with Crippen LogP contribution in [0.1, 0.15) is 58.8 Å². The van der Waals surface area contributed by atoms with Crippen LogP contribution in [0.2, 0.25) is 0 Å². The molecule has 0 saturated heterocycles. The Hall–Kier alpha value is -0.570. The summed E-state index contributed by atoms with van der Waals surface area (Å²) in [6.07, 6.45) is 20.6. The Morgan fingerprint density at radius 1 is 1.30 bits per heavy atom. The second-order valence-corrected chi connectivity index (χ2v) is 9.22. The third kappa shape index (κ3) is 3.45. The molecule has 124 valence electrons.